The molecule has 2 fully saturated rings. The standard InChI is InChI=1S/C59H81ClN8O16/c1-32(2)49(67-45(70)16-13-17-48(73)84-68-46(71)24-25-47(68)72)54(76)63-34(4)52(74)61-26-27-62-57(79)81-31-36-18-21-38(22-19-36)51-50(83-51)33(3)42-14-12-15-44(69)65-40(29-37-20-23-43(80-11)39(60)28-37)53(75)64-35(5)59(9,10)56(78)66-41(55(77)82-42)30-58(6,7)8/h12,15,18-23,28,32-35,40-42,49-51H,13-14,16-17,24-27,29-31H2,1-11H3,(H,61,74)(H,62,79)(H,63,76)(H,64,75)(H,65,69)(H,66,78)(H,67,70)/b15-12+/t33-,34-,35-,40+,41-,42-,49-,50+,51+/m0/s1. The maximum Gasteiger partial charge on any atom is 0.407 e. The van der Waals surface area contributed by atoms with Crippen LogP contribution in [0.2, 0.25) is 5.02 Å². The van der Waals surface area contributed by atoms with Crippen LogP contribution in [0.3, 0.4) is 0 Å². The number of esters is 1. The number of carbonyl (C=O) groups is 11. The van der Waals surface area contributed by atoms with Crippen molar-refractivity contribution in [3.05, 3.63) is 76.3 Å². The van der Waals surface area contributed by atoms with E-state index in [1.807, 2.05) is 39.8 Å². The van der Waals surface area contributed by atoms with Crippen LogP contribution in [0.5, 0.6) is 5.75 Å². The number of epoxide rings is 1. The average molecular weight is 1190 g/mol. The van der Waals surface area contributed by atoms with Gasteiger partial charge in [-0.05, 0) is 86.8 Å². The SMILES string of the molecule is COc1ccc(C[C@H]2NC(=O)/C=C/C[C@@H]([C@H](C)[C@H]3O[C@@H]3c3ccc(COC(=O)NCCNC(=O)[C@H](C)NC(=O)[C@@H](NC(=O)CCCC(=O)ON4C(=O)CCC4=O)C(C)C)cc3)OC(=O)[C@H](CC(C)(C)C)NC(=O)C(C)(C)[C@H](C)NC2=O)cc1Cl. The second-order valence-corrected chi connectivity index (χ2v) is 23.8. The van der Waals surface area contributed by atoms with Gasteiger partial charge in [-0.3, -0.25) is 38.4 Å². The first-order chi connectivity index (χ1) is 39.5. The molecule has 0 bridgehead atoms. The number of hydrogen-bond donors (Lipinski definition) is 7. The molecule has 460 valence electrons. The molecular formula is C59H81ClN8O16. The second-order valence-electron chi connectivity index (χ2n) is 23.4. The molecule has 7 N–H and O–H groups in total. The normalized spacial score (nSPS) is 22.7. The third kappa shape index (κ3) is 20.0. The average Bonchev–Trinajstić information content (AvgIpc) is 4.07. The van der Waals surface area contributed by atoms with E-state index >= 15 is 0 Å². The summed E-state index contributed by atoms with van der Waals surface area (Å²) in [5, 5.41) is 19.7. The Hall–Kier alpha value is -7.60. The molecule has 9 amide bonds. The molecule has 0 aliphatic carbocycles. The lowest BCUT2D eigenvalue weighted by molar-refractivity contribution is -0.197. The molecule has 0 aromatic heterocycles. The highest BCUT2D eigenvalue weighted by Gasteiger charge is 2.48. The lowest BCUT2D eigenvalue weighted by Gasteiger charge is -2.35. The van der Waals surface area contributed by atoms with Gasteiger partial charge in [0.15, 0.2) is 0 Å². The summed E-state index contributed by atoms with van der Waals surface area (Å²) in [6.07, 6.45) is 0.402. The lowest BCUT2D eigenvalue weighted by atomic mass is 9.82. The van der Waals surface area contributed by atoms with Crippen LogP contribution < -0.4 is 42.0 Å². The monoisotopic (exact) mass is 1190 g/mol. The van der Waals surface area contributed by atoms with Crippen molar-refractivity contribution in [3.63, 3.8) is 0 Å². The van der Waals surface area contributed by atoms with Gasteiger partial charge in [0.25, 0.3) is 11.8 Å². The molecule has 2 aromatic carbocycles. The van der Waals surface area contributed by atoms with Gasteiger partial charge in [0, 0.05) is 63.6 Å². The van der Waals surface area contributed by atoms with Crippen LogP contribution in [-0.4, -0.2) is 133 Å². The number of ether oxygens (including phenoxy) is 4. The Morgan fingerprint density at radius 1 is 0.833 bits per heavy atom. The minimum atomic E-state index is -1.23. The Balaban J connectivity index is 1.11. The van der Waals surface area contributed by atoms with Gasteiger partial charge in [0.2, 0.25) is 35.4 Å². The zero-order valence-corrected chi connectivity index (χ0v) is 50.4. The first-order valence-electron chi connectivity index (χ1n) is 28.2. The second kappa shape index (κ2) is 30.3. The fourth-order valence-corrected chi connectivity index (χ4v) is 9.39. The molecule has 3 aliphatic rings. The van der Waals surface area contributed by atoms with E-state index in [0.717, 1.165) is 5.56 Å². The van der Waals surface area contributed by atoms with E-state index in [9.17, 15) is 52.7 Å². The van der Waals surface area contributed by atoms with E-state index in [4.69, 9.17) is 35.4 Å². The van der Waals surface area contributed by atoms with Crippen molar-refractivity contribution < 1.29 is 76.5 Å². The maximum atomic E-state index is 14.2. The number of hydrogen-bond acceptors (Lipinski definition) is 16. The maximum absolute atomic E-state index is 14.2. The highest BCUT2D eigenvalue weighted by Crippen LogP contribution is 2.45. The summed E-state index contributed by atoms with van der Waals surface area (Å²) in [4.78, 5) is 147. The summed E-state index contributed by atoms with van der Waals surface area (Å²) in [7, 11) is 1.49. The summed E-state index contributed by atoms with van der Waals surface area (Å²) >= 11 is 6.41. The summed E-state index contributed by atoms with van der Waals surface area (Å²) in [6.45, 7) is 17.5. The van der Waals surface area contributed by atoms with Gasteiger partial charge in [-0.15, -0.1) is 5.06 Å². The van der Waals surface area contributed by atoms with Gasteiger partial charge < -0.3 is 61.0 Å². The zero-order chi connectivity index (χ0) is 62.2. The van der Waals surface area contributed by atoms with Crippen molar-refractivity contribution in [2.75, 3.05) is 20.2 Å². The minimum Gasteiger partial charge on any atom is -0.495 e. The van der Waals surface area contributed by atoms with Crippen molar-refractivity contribution in [1.82, 2.24) is 42.3 Å². The van der Waals surface area contributed by atoms with Crippen LogP contribution >= 0.6 is 11.6 Å². The van der Waals surface area contributed by atoms with E-state index in [0.29, 0.717) is 27.0 Å². The number of methoxy groups -OCH3 is 1. The van der Waals surface area contributed by atoms with Gasteiger partial charge in [0.05, 0.1) is 23.7 Å². The summed E-state index contributed by atoms with van der Waals surface area (Å²) < 4.78 is 23.1. The number of halogens is 1. The van der Waals surface area contributed by atoms with Crippen LogP contribution in [-0.2, 0) is 80.0 Å². The van der Waals surface area contributed by atoms with Gasteiger partial charge in [-0.1, -0.05) is 89.6 Å². The van der Waals surface area contributed by atoms with Crippen LogP contribution in [0.4, 0.5) is 4.79 Å². The van der Waals surface area contributed by atoms with Crippen molar-refractivity contribution >= 4 is 76.9 Å². The molecule has 0 radical (unpaired) electrons. The van der Waals surface area contributed by atoms with Gasteiger partial charge >= 0.3 is 18.0 Å². The third-order valence-electron chi connectivity index (χ3n) is 14.6. The number of nitrogens with zero attached hydrogens (tertiary/aromatic N) is 1. The van der Waals surface area contributed by atoms with E-state index in [2.05, 4.69) is 37.2 Å². The highest BCUT2D eigenvalue weighted by molar-refractivity contribution is 6.32. The van der Waals surface area contributed by atoms with Crippen molar-refractivity contribution in [3.8, 4) is 5.75 Å². The van der Waals surface area contributed by atoms with Gasteiger partial charge in [-0.2, -0.15) is 0 Å². The van der Waals surface area contributed by atoms with E-state index in [1.54, 1.807) is 71.0 Å². The first-order valence-corrected chi connectivity index (χ1v) is 28.6. The van der Waals surface area contributed by atoms with Crippen molar-refractivity contribution in [2.45, 2.75) is 176 Å². The summed E-state index contributed by atoms with van der Waals surface area (Å²) in [6, 6.07) is 7.35. The number of carbonyl (C=O) groups excluding carboxylic acids is 11. The Morgan fingerprint density at radius 3 is 2.12 bits per heavy atom. The Bertz CT molecular complexity index is 2770. The predicted molar refractivity (Wildman–Crippen MR) is 304 cm³/mol. The fourth-order valence-electron chi connectivity index (χ4n) is 9.11. The fraction of sp³-hybridized carbons (Fsp3) is 0.576. The molecule has 84 heavy (non-hydrogen) atoms. The van der Waals surface area contributed by atoms with E-state index in [1.165, 1.54) is 20.1 Å². The minimum absolute atomic E-state index is 0.00295. The number of nitrogens with one attached hydrogen (secondary N) is 7. The third-order valence-corrected chi connectivity index (χ3v) is 14.9. The molecule has 0 unspecified atom stereocenters. The molecule has 3 heterocycles. The molecule has 24 nitrogen and oxygen atoms in total. The smallest absolute Gasteiger partial charge is 0.407 e. The molecule has 2 aromatic rings. The molecule has 2 saturated heterocycles. The van der Waals surface area contributed by atoms with Crippen molar-refractivity contribution in [2.24, 2.45) is 22.7 Å². The van der Waals surface area contributed by atoms with Crippen LogP contribution in [0.15, 0.2) is 54.6 Å². The van der Waals surface area contributed by atoms with Crippen LogP contribution in [0, 0.1) is 22.7 Å². The zero-order valence-electron chi connectivity index (χ0n) is 49.6. The molecule has 25 heteroatoms. The summed E-state index contributed by atoms with van der Waals surface area (Å²) in [5.74, 6) is -6.40. The number of benzene rings is 2. The van der Waals surface area contributed by atoms with Crippen LogP contribution in [0.1, 0.15) is 137 Å². The van der Waals surface area contributed by atoms with E-state index < -0.39 is 131 Å². The number of cyclic esters (lactones) is 1. The Kier molecular flexibility index (Phi) is 24.2. The number of amides is 9. The number of rotatable bonds is 22. The quantitative estimate of drug-likeness (QED) is 0.0375. The number of imide groups is 1. The van der Waals surface area contributed by atoms with Gasteiger partial charge in [0.1, 0.15) is 48.7 Å². The lowest BCUT2D eigenvalue weighted by Crippen LogP contribution is -2.58. The molecule has 0 spiro atoms. The summed E-state index contributed by atoms with van der Waals surface area (Å²) in [5.41, 5.74) is 0.468. The molecule has 3 aliphatic heterocycles. The topological polar surface area (TPSA) is 325 Å². The highest BCUT2D eigenvalue weighted by atomic mass is 35.5. The van der Waals surface area contributed by atoms with Crippen LogP contribution in [0.25, 0.3) is 0 Å². The largest absolute Gasteiger partial charge is 0.495 e. The predicted octanol–water partition coefficient (Wildman–Crippen LogP) is 4.24. The first kappa shape index (κ1) is 67.2. The number of hydroxylamine groups is 2. The van der Waals surface area contributed by atoms with E-state index in [-0.39, 0.29) is 77.0 Å². The molecular weight excluding hydrogens is 1110 g/mol. The molecule has 9 atom stereocenters. The molecule has 0 saturated carbocycles. The molecule has 5 rings (SSSR count). The number of alkyl carbamates (subject to hydrolysis) is 1. The van der Waals surface area contributed by atoms with Crippen molar-refractivity contribution in [1.29, 1.82) is 0 Å². The van der Waals surface area contributed by atoms with Gasteiger partial charge in [-0.25, -0.2) is 14.4 Å². The Morgan fingerprint density at radius 2 is 1.49 bits per heavy atom. The Labute approximate surface area is 494 Å².